The minimum Gasteiger partial charge on any atom is -0.438 e. The summed E-state index contributed by atoms with van der Waals surface area (Å²) in [6.07, 6.45) is 3.50. The third kappa shape index (κ3) is 3.26. The van der Waals surface area contributed by atoms with Gasteiger partial charge in [-0.15, -0.1) is 0 Å². The Hall–Kier alpha value is -3.15. The summed E-state index contributed by atoms with van der Waals surface area (Å²) in [5, 5.41) is 6.45. The Balaban J connectivity index is 1.65. The lowest BCUT2D eigenvalue weighted by molar-refractivity contribution is 0.449. The van der Waals surface area contributed by atoms with E-state index in [4.69, 9.17) is 34.5 Å². The van der Waals surface area contributed by atoms with Gasteiger partial charge in [0.15, 0.2) is 0 Å². The second-order valence-corrected chi connectivity index (χ2v) is 6.73. The summed E-state index contributed by atoms with van der Waals surface area (Å²) in [6.45, 7) is 8.17. The predicted molar refractivity (Wildman–Crippen MR) is 104 cm³/mol. The second-order valence-electron chi connectivity index (χ2n) is 5.98. The monoisotopic (exact) mass is 414 g/mol. The van der Waals surface area contributed by atoms with Gasteiger partial charge >= 0.3 is 0 Å². The highest BCUT2D eigenvalue weighted by Crippen LogP contribution is 2.38. The van der Waals surface area contributed by atoms with Gasteiger partial charge in [0, 0.05) is 12.1 Å². The van der Waals surface area contributed by atoms with Gasteiger partial charge in [-0.2, -0.15) is 5.10 Å². The highest BCUT2D eigenvalue weighted by atomic mass is 35.5. The summed E-state index contributed by atoms with van der Waals surface area (Å²) < 4.78 is 5.90. The number of nitrogens with zero attached hydrogens (tertiary/aromatic N) is 5. The van der Waals surface area contributed by atoms with Crippen molar-refractivity contribution in [2.24, 2.45) is 0 Å². The van der Waals surface area contributed by atoms with Crippen LogP contribution in [0, 0.1) is 6.57 Å². The summed E-state index contributed by atoms with van der Waals surface area (Å²) >= 11 is 12.3. The molecule has 2 aromatic heterocycles. The number of aromatic nitrogens is 4. The summed E-state index contributed by atoms with van der Waals surface area (Å²) in [5.74, 6) is 0.754. The van der Waals surface area contributed by atoms with Crippen LogP contribution in [0.4, 0.5) is 11.4 Å². The normalized spacial score (nSPS) is 13.0. The fourth-order valence-electron chi connectivity index (χ4n) is 2.98. The number of benzene rings is 1. The molecule has 0 saturated carbocycles. The van der Waals surface area contributed by atoms with Crippen molar-refractivity contribution in [3.8, 4) is 11.6 Å². The first-order chi connectivity index (χ1) is 13.6. The maximum absolute atomic E-state index is 11.7. The summed E-state index contributed by atoms with van der Waals surface area (Å²) in [7, 11) is 0. The minimum atomic E-state index is -0.439. The first-order valence-corrected chi connectivity index (χ1v) is 8.98. The summed E-state index contributed by atoms with van der Waals surface area (Å²) in [6, 6.07) is 5.00. The van der Waals surface area contributed by atoms with Crippen molar-refractivity contribution >= 4 is 34.6 Å². The topological polar surface area (TPSA) is 88.4 Å². The van der Waals surface area contributed by atoms with E-state index in [1.54, 1.807) is 18.2 Å². The maximum Gasteiger partial charge on any atom is 0.285 e. The van der Waals surface area contributed by atoms with Gasteiger partial charge < -0.3 is 9.64 Å². The van der Waals surface area contributed by atoms with Gasteiger partial charge in [0.05, 0.1) is 35.7 Å². The van der Waals surface area contributed by atoms with E-state index >= 15 is 0 Å². The van der Waals surface area contributed by atoms with Crippen molar-refractivity contribution < 1.29 is 4.74 Å². The molecule has 4 rings (SSSR count). The molecule has 0 aliphatic carbocycles. The first kappa shape index (κ1) is 18.2. The van der Waals surface area contributed by atoms with Gasteiger partial charge in [-0.3, -0.25) is 4.79 Å². The molecule has 1 aliphatic rings. The van der Waals surface area contributed by atoms with E-state index in [0.29, 0.717) is 42.5 Å². The smallest absolute Gasteiger partial charge is 0.285 e. The van der Waals surface area contributed by atoms with Crippen LogP contribution >= 0.6 is 23.2 Å². The van der Waals surface area contributed by atoms with E-state index in [1.807, 2.05) is 4.90 Å². The Morgan fingerprint density at radius 1 is 1.25 bits per heavy atom. The van der Waals surface area contributed by atoms with Crippen molar-refractivity contribution in [2.75, 3.05) is 11.4 Å². The Bertz CT molecular complexity index is 1160. The largest absolute Gasteiger partial charge is 0.438 e. The van der Waals surface area contributed by atoms with Gasteiger partial charge in [0.2, 0.25) is 11.6 Å². The van der Waals surface area contributed by atoms with Gasteiger partial charge in [-0.05, 0) is 12.5 Å². The van der Waals surface area contributed by atoms with Crippen molar-refractivity contribution in [2.45, 2.75) is 13.0 Å². The average molecular weight is 415 g/mol. The number of anilines is 1. The third-order valence-electron chi connectivity index (χ3n) is 4.36. The third-order valence-corrected chi connectivity index (χ3v) is 5.10. The molecular formula is C18H12Cl2N6O2. The van der Waals surface area contributed by atoms with Crippen LogP contribution in [0.5, 0.6) is 11.6 Å². The molecule has 28 heavy (non-hydrogen) atoms. The van der Waals surface area contributed by atoms with Crippen molar-refractivity contribution in [1.82, 2.24) is 20.2 Å². The van der Waals surface area contributed by atoms with Crippen LogP contribution in [-0.2, 0) is 13.0 Å². The molecule has 10 heteroatoms. The molecule has 0 spiro atoms. The number of H-pyrrole nitrogens is 1. The van der Waals surface area contributed by atoms with Crippen LogP contribution in [0.3, 0.4) is 0 Å². The quantitative estimate of drug-likeness (QED) is 0.656. The molecular weight excluding hydrogens is 403 g/mol. The minimum absolute atomic E-state index is 0.0896. The number of rotatable bonds is 3. The van der Waals surface area contributed by atoms with Gasteiger partial charge in [-0.25, -0.2) is 19.9 Å². The van der Waals surface area contributed by atoms with E-state index in [9.17, 15) is 4.79 Å². The van der Waals surface area contributed by atoms with E-state index in [-0.39, 0.29) is 10.0 Å². The summed E-state index contributed by atoms with van der Waals surface area (Å²) in [4.78, 5) is 25.6. The molecule has 3 heterocycles. The summed E-state index contributed by atoms with van der Waals surface area (Å²) in [5.41, 5.74) is 2.02. The van der Waals surface area contributed by atoms with Crippen LogP contribution in [0.2, 0.25) is 10.0 Å². The average Bonchev–Trinajstić information content (AvgIpc) is 2.71. The van der Waals surface area contributed by atoms with Crippen LogP contribution in [0.15, 0.2) is 35.5 Å². The second kappa shape index (κ2) is 7.46. The number of ether oxygens (including phenoxy) is 1. The fourth-order valence-corrected chi connectivity index (χ4v) is 3.40. The molecule has 0 atom stereocenters. The van der Waals surface area contributed by atoms with Gasteiger partial charge in [0.1, 0.15) is 17.1 Å². The van der Waals surface area contributed by atoms with Gasteiger partial charge in [0.25, 0.3) is 5.56 Å². The highest BCUT2D eigenvalue weighted by molar-refractivity contribution is 6.34. The molecule has 0 radical (unpaired) electrons. The van der Waals surface area contributed by atoms with E-state index in [2.05, 4.69) is 25.0 Å². The van der Waals surface area contributed by atoms with Gasteiger partial charge in [-0.1, -0.05) is 35.3 Å². The number of halogens is 2. The standard InChI is InChI=1S/C18H12Cl2N6O2/c1-21-11-3-2-4-14(15(11)19)28-18-10-5-6-26(8-12(10)22-9-23-18)13-7-24-25-17(27)16(13)20/h2-4,7,9H,5-6,8H2,(H,25,27). The number of hydrogen-bond donors (Lipinski definition) is 1. The number of nitrogens with one attached hydrogen (secondary N) is 1. The Morgan fingerprint density at radius 2 is 2.11 bits per heavy atom. The van der Waals surface area contributed by atoms with E-state index in [1.165, 1.54) is 12.5 Å². The van der Waals surface area contributed by atoms with Crippen LogP contribution in [-0.4, -0.2) is 26.7 Å². The molecule has 1 aromatic carbocycles. The maximum atomic E-state index is 11.7. The van der Waals surface area contributed by atoms with Crippen LogP contribution in [0.1, 0.15) is 11.3 Å². The number of fused-ring (bicyclic) bond motifs is 1. The molecule has 1 aliphatic heterocycles. The molecule has 140 valence electrons. The van der Waals surface area contributed by atoms with Crippen molar-refractivity contribution in [3.63, 3.8) is 0 Å². The number of aromatic amines is 1. The zero-order chi connectivity index (χ0) is 19.7. The molecule has 8 nitrogen and oxygen atoms in total. The fraction of sp³-hybridized carbons (Fsp3) is 0.167. The molecule has 0 saturated heterocycles. The molecule has 0 unspecified atom stereocenters. The lowest BCUT2D eigenvalue weighted by Gasteiger charge is -2.30. The molecule has 0 bridgehead atoms. The van der Waals surface area contributed by atoms with Crippen molar-refractivity contribution in [1.29, 1.82) is 0 Å². The van der Waals surface area contributed by atoms with Crippen molar-refractivity contribution in [3.05, 3.63) is 73.8 Å². The highest BCUT2D eigenvalue weighted by Gasteiger charge is 2.25. The lowest BCUT2D eigenvalue weighted by atomic mass is 10.1. The number of hydrogen-bond acceptors (Lipinski definition) is 6. The zero-order valence-corrected chi connectivity index (χ0v) is 15.8. The molecule has 1 N–H and O–H groups in total. The molecule has 0 amide bonds. The van der Waals surface area contributed by atoms with E-state index in [0.717, 1.165) is 11.3 Å². The predicted octanol–water partition coefficient (Wildman–Crippen LogP) is 3.77. The first-order valence-electron chi connectivity index (χ1n) is 8.23. The molecule has 3 aromatic rings. The zero-order valence-electron chi connectivity index (χ0n) is 14.3. The van der Waals surface area contributed by atoms with E-state index < -0.39 is 5.56 Å². The van der Waals surface area contributed by atoms with Crippen LogP contribution in [0.25, 0.3) is 4.85 Å². The Morgan fingerprint density at radius 3 is 2.93 bits per heavy atom. The SMILES string of the molecule is [C-]#[N+]c1cccc(Oc2ncnc3c2CCN(c2cn[nH]c(=O)c2Cl)C3)c1Cl. The lowest BCUT2D eigenvalue weighted by Crippen LogP contribution is -2.33. The molecule has 0 fully saturated rings. The Labute approximate surface area is 169 Å². The van der Waals surface area contributed by atoms with Crippen LogP contribution < -0.4 is 15.2 Å². The Kier molecular flexibility index (Phi) is 4.86.